The zero-order chi connectivity index (χ0) is 13.1. The topological polar surface area (TPSA) is 32.3 Å². The largest absolute Gasteiger partial charge is 0.342 e. The van der Waals surface area contributed by atoms with Crippen LogP contribution in [0, 0.1) is 17.8 Å². The van der Waals surface area contributed by atoms with E-state index in [1.165, 1.54) is 51.4 Å². The second kappa shape index (κ2) is 6.25. The minimum atomic E-state index is 0.326. The Hall–Kier alpha value is -0.570. The Bertz CT molecular complexity index is 290. The summed E-state index contributed by atoms with van der Waals surface area (Å²) in [4.78, 5) is 14.2. The molecule has 2 saturated carbocycles. The van der Waals surface area contributed by atoms with Crippen LogP contribution in [0.2, 0.25) is 0 Å². The predicted molar refractivity (Wildman–Crippen MR) is 76.9 cm³/mol. The van der Waals surface area contributed by atoms with Crippen molar-refractivity contribution in [2.75, 3.05) is 26.2 Å². The van der Waals surface area contributed by atoms with Gasteiger partial charge in [0, 0.05) is 13.1 Å². The van der Waals surface area contributed by atoms with Gasteiger partial charge in [-0.15, -0.1) is 0 Å². The van der Waals surface area contributed by atoms with Crippen LogP contribution in [0.3, 0.4) is 0 Å². The quantitative estimate of drug-likeness (QED) is 0.799. The standard InChI is InChI=1S/C16H28N2O/c19-16(18-9-3-1-2-4-10-18)12-17-11-15(13-5-6-13)14-7-8-14/h13-15,17H,1-12H2. The number of nitrogens with zero attached hydrogens (tertiary/aromatic N) is 1. The molecule has 3 rings (SSSR count). The Kier molecular flexibility index (Phi) is 4.42. The van der Waals surface area contributed by atoms with Gasteiger partial charge in [-0.1, -0.05) is 12.8 Å². The molecule has 108 valence electrons. The Morgan fingerprint density at radius 1 is 1.00 bits per heavy atom. The van der Waals surface area contributed by atoms with Crippen LogP contribution in [0.5, 0.6) is 0 Å². The fourth-order valence-corrected chi connectivity index (χ4v) is 3.54. The Labute approximate surface area is 117 Å². The van der Waals surface area contributed by atoms with Crippen molar-refractivity contribution in [1.29, 1.82) is 0 Å². The van der Waals surface area contributed by atoms with Crippen LogP contribution in [-0.2, 0) is 4.79 Å². The monoisotopic (exact) mass is 264 g/mol. The first-order chi connectivity index (χ1) is 9.34. The molecule has 3 fully saturated rings. The first-order valence-corrected chi connectivity index (χ1v) is 8.33. The van der Waals surface area contributed by atoms with Crippen molar-refractivity contribution in [3.05, 3.63) is 0 Å². The maximum absolute atomic E-state index is 12.2. The van der Waals surface area contributed by atoms with Gasteiger partial charge in [0.05, 0.1) is 6.54 Å². The van der Waals surface area contributed by atoms with Gasteiger partial charge in [-0.3, -0.25) is 4.79 Å². The lowest BCUT2D eigenvalue weighted by molar-refractivity contribution is -0.130. The SMILES string of the molecule is O=C(CNCC(C1CC1)C1CC1)N1CCCCCC1. The zero-order valence-electron chi connectivity index (χ0n) is 12.1. The summed E-state index contributed by atoms with van der Waals surface area (Å²) in [6, 6.07) is 0. The van der Waals surface area contributed by atoms with Crippen LogP contribution in [0.25, 0.3) is 0 Å². The molecule has 0 spiro atoms. The maximum atomic E-state index is 12.2. The fourth-order valence-electron chi connectivity index (χ4n) is 3.54. The molecule has 1 N–H and O–H groups in total. The van der Waals surface area contributed by atoms with Gasteiger partial charge in [0.25, 0.3) is 0 Å². The average Bonchev–Trinajstić information content (AvgIpc) is 3.31. The molecule has 0 bridgehead atoms. The van der Waals surface area contributed by atoms with E-state index in [2.05, 4.69) is 10.2 Å². The summed E-state index contributed by atoms with van der Waals surface area (Å²) in [5, 5.41) is 3.45. The molecule has 1 heterocycles. The molecule has 0 radical (unpaired) electrons. The van der Waals surface area contributed by atoms with E-state index in [0.717, 1.165) is 37.4 Å². The number of likely N-dealkylation sites (tertiary alicyclic amines) is 1. The van der Waals surface area contributed by atoms with Crippen molar-refractivity contribution in [2.24, 2.45) is 17.8 Å². The van der Waals surface area contributed by atoms with Crippen molar-refractivity contribution in [2.45, 2.75) is 51.4 Å². The van der Waals surface area contributed by atoms with Crippen molar-refractivity contribution in [3.63, 3.8) is 0 Å². The first kappa shape index (κ1) is 13.4. The molecule has 3 aliphatic rings. The third-order valence-electron chi connectivity index (χ3n) is 5.07. The molecule has 1 amide bonds. The smallest absolute Gasteiger partial charge is 0.236 e. The average molecular weight is 264 g/mol. The molecule has 0 aromatic heterocycles. The molecule has 1 aliphatic heterocycles. The summed E-state index contributed by atoms with van der Waals surface area (Å²) in [7, 11) is 0. The highest BCUT2D eigenvalue weighted by atomic mass is 16.2. The van der Waals surface area contributed by atoms with Crippen LogP contribution in [0.4, 0.5) is 0 Å². The van der Waals surface area contributed by atoms with E-state index in [9.17, 15) is 4.79 Å². The molecular weight excluding hydrogens is 236 g/mol. The van der Waals surface area contributed by atoms with Gasteiger partial charge in [-0.05, 0) is 62.8 Å². The van der Waals surface area contributed by atoms with Gasteiger partial charge in [0.2, 0.25) is 5.91 Å². The molecule has 1 saturated heterocycles. The van der Waals surface area contributed by atoms with Crippen LogP contribution in [0.1, 0.15) is 51.4 Å². The van der Waals surface area contributed by atoms with E-state index < -0.39 is 0 Å². The molecule has 3 nitrogen and oxygen atoms in total. The van der Waals surface area contributed by atoms with Gasteiger partial charge in [0.1, 0.15) is 0 Å². The summed E-state index contributed by atoms with van der Waals surface area (Å²) in [6.45, 7) is 3.61. The van der Waals surface area contributed by atoms with Gasteiger partial charge >= 0.3 is 0 Å². The van der Waals surface area contributed by atoms with E-state index in [4.69, 9.17) is 0 Å². The van der Waals surface area contributed by atoms with Crippen molar-refractivity contribution in [3.8, 4) is 0 Å². The second-order valence-corrected chi connectivity index (χ2v) is 6.76. The maximum Gasteiger partial charge on any atom is 0.236 e. The van der Waals surface area contributed by atoms with Crippen molar-refractivity contribution in [1.82, 2.24) is 10.2 Å². The number of carbonyl (C=O) groups is 1. The fraction of sp³-hybridized carbons (Fsp3) is 0.938. The van der Waals surface area contributed by atoms with Crippen molar-refractivity contribution >= 4 is 5.91 Å². The van der Waals surface area contributed by atoms with E-state index in [1.54, 1.807) is 0 Å². The number of carbonyl (C=O) groups excluding carboxylic acids is 1. The van der Waals surface area contributed by atoms with Crippen LogP contribution >= 0.6 is 0 Å². The first-order valence-electron chi connectivity index (χ1n) is 8.33. The summed E-state index contributed by atoms with van der Waals surface area (Å²) < 4.78 is 0. The Morgan fingerprint density at radius 3 is 2.11 bits per heavy atom. The van der Waals surface area contributed by atoms with Gasteiger partial charge in [0.15, 0.2) is 0 Å². The van der Waals surface area contributed by atoms with Gasteiger partial charge in [-0.25, -0.2) is 0 Å². The molecule has 0 atom stereocenters. The van der Waals surface area contributed by atoms with E-state index in [-0.39, 0.29) is 0 Å². The Balaban J connectivity index is 1.37. The van der Waals surface area contributed by atoms with Gasteiger partial charge < -0.3 is 10.2 Å². The van der Waals surface area contributed by atoms with Crippen LogP contribution in [-0.4, -0.2) is 37.0 Å². The molecule has 0 unspecified atom stereocenters. The highest BCUT2D eigenvalue weighted by Crippen LogP contribution is 2.48. The minimum Gasteiger partial charge on any atom is -0.342 e. The predicted octanol–water partition coefficient (Wildman–Crippen LogP) is 2.41. The van der Waals surface area contributed by atoms with E-state index >= 15 is 0 Å². The normalized spacial score (nSPS) is 24.6. The third kappa shape index (κ3) is 3.95. The molecule has 0 aromatic carbocycles. The van der Waals surface area contributed by atoms with Crippen molar-refractivity contribution < 1.29 is 4.79 Å². The van der Waals surface area contributed by atoms with Gasteiger partial charge in [-0.2, -0.15) is 0 Å². The minimum absolute atomic E-state index is 0.326. The lowest BCUT2D eigenvalue weighted by atomic mass is 9.98. The van der Waals surface area contributed by atoms with E-state index in [0.29, 0.717) is 12.5 Å². The third-order valence-corrected chi connectivity index (χ3v) is 5.07. The zero-order valence-corrected chi connectivity index (χ0v) is 12.1. The molecule has 19 heavy (non-hydrogen) atoms. The Morgan fingerprint density at radius 2 is 1.58 bits per heavy atom. The van der Waals surface area contributed by atoms with Crippen LogP contribution < -0.4 is 5.32 Å². The molecule has 0 aromatic rings. The van der Waals surface area contributed by atoms with E-state index in [1.807, 2.05) is 0 Å². The summed E-state index contributed by atoms with van der Waals surface area (Å²) in [5.41, 5.74) is 0. The highest BCUT2D eigenvalue weighted by Gasteiger charge is 2.40. The highest BCUT2D eigenvalue weighted by molar-refractivity contribution is 5.78. The molecule has 2 aliphatic carbocycles. The lowest BCUT2D eigenvalue weighted by Gasteiger charge is -2.22. The number of hydrogen-bond acceptors (Lipinski definition) is 2. The molecular formula is C16H28N2O. The summed E-state index contributed by atoms with van der Waals surface area (Å²) in [5.74, 6) is 3.16. The summed E-state index contributed by atoms with van der Waals surface area (Å²) >= 11 is 0. The second-order valence-electron chi connectivity index (χ2n) is 6.76. The number of nitrogens with one attached hydrogen (secondary N) is 1. The van der Waals surface area contributed by atoms with Crippen LogP contribution in [0.15, 0.2) is 0 Å². The lowest BCUT2D eigenvalue weighted by Crippen LogP contribution is -2.40. The number of amides is 1. The number of rotatable bonds is 6. The summed E-state index contributed by atoms with van der Waals surface area (Å²) in [6.07, 6.45) is 10.7. The molecule has 3 heteroatoms. The number of hydrogen-bond donors (Lipinski definition) is 1.